The van der Waals surface area contributed by atoms with Gasteiger partial charge in [0, 0.05) is 5.56 Å². The van der Waals surface area contributed by atoms with Gasteiger partial charge in [-0.25, -0.2) is 9.98 Å². The van der Waals surface area contributed by atoms with Gasteiger partial charge in [-0.15, -0.1) is 0 Å². The Morgan fingerprint density at radius 1 is 0.633 bits per heavy atom. The predicted octanol–water partition coefficient (Wildman–Crippen LogP) is 5.68. The summed E-state index contributed by atoms with van der Waals surface area (Å²) in [4.78, 5) is 15.2. The molecule has 0 amide bonds. The lowest BCUT2D eigenvalue weighted by Crippen LogP contribution is -2.39. The summed E-state index contributed by atoms with van der Waals surface area (Å²) in [7, 11) is 9.42. The summed E-state index contributed by atoms with van der Waals surface area (Å²) in [6.07, 6.45) is 1.21. The van der Waals surface area contributed by atoms with Gasteiger partial charge in [-0.2, -0.15) is 0 Å². The zero-order valence-corrected chi connectivity index (χ0v) is 28.3. The average molecular weight is 662 g/mol. The van der Waals surface area contributed by atoms with Crippen molar-refractivity contribution in [3.8, 4) is 34.5 Å². The zero-order chi connectivity index (χ0) is 34.5. The Morgan fingerprint density at radius 3 is 1.59 bits per heavy atom. The number of nitrogens with two attached hydrogens (primary N) is 1. The van der Waals surface area contributed by atoms with Gasteiger partial charge >= 0.3 is 0 Å². The molecule has 2 heterocycles. The molecule has 0 spiro atoms. The van der Waals surface area contributed by atoms with Gasteiger partial charge in [0.25, 0.3) is 0 Å². The van der Waals surface area contributed by atoms with Gasteiger partial charge in [0.05, 0.1) is 60.1 Å². The number of methoxy groups -OCH3 is 6. The highest BCUT2D eigenvalue weighted by Crippen LogP contribution is 2.44. The van der Waals surface area contributed by atoms with Crippen LogP contribution in [-0.2, 0) is 0 Å². The number of nitrogens with one attached hydrogen (secondary N) is 1. The molecular weight excluding hydrogens is 622 g/mol. The topological polar surface area (TPSA) is 131 Å². The third-order valence-corrected chi connectivity index (χ3v) is 8.35. The Labute approximate surface area is 285 Å². The van der Waals surface area contributed by atoms with Gasteiger partial charge in [0.1, 0.15) is 17.9 Å². The first-order valence-electron chi connectivity index (χ1n) is 15.6. The monoisotopic (exact) mass is 661 g/mol. The van der Waals surface area contributed by atoms with Crippen molar-refractivity contribution in [1.29, 1.82) is 0 Å². The average Bonchev–Trinajstić information content (AvgIpc) is 3.15. The lowest BCUT2D eigenvalue weighted by atomic mass is 9.92. The smallest absolute Gasteiger partial charge is 0.203 e. The molecule has 2 aliphatic rings. The number of fused-ring (bicyclic) bond motifs is 1. The van der Waals surface area contributed by atoms with Crippen LogP contribution in [0, 0.1) is 0 Å². The van der Waals surface area contributed by atoms with E-state index in [-0.39, 0.29) is 6.04 Å². The van der Waals surface area contributed by atoms with Crippen LogP contribution in [0.1, 0.15) is 34.3 Å². The molecule has 0 saturated heterocycles. The summed E-state index contributed by atoms with van der Waals surface area (Å²) >= 11 is 0. The second kappa shape index (κ2) is 14.5. The second-order valence-electron chi connectivity index (χ2n) is 11.2. The number of aliphatic imine (C=N–C) groups is 3. The van der Waals surface area contributed by atoms with Crippen molar-refractivity contribution in [2.45, 2.75) is 18.2 Å². The van der Waals surface area contributed by atoms with Crippen molar-refractivity contribution in [2.24, 2.45) is 20.7 Å². The Morgan fingerprint density at radius 2 is 1.12 bits per heavy atom. The van der Waals surface area contributed by atoms with Crippen LogP contribution in [0.3, 0.4) is 0 Å². The summed E-state index contributed by atoms with van der Waals surface area (Å²) in [6.45, 7) is 0. The third kappa shape index (κ3) is 6.53. The molecule has 0 bridgehead atoms. The normalized spacial score (nSPS) is 16.7. The van der Waals surface area contributed by atoms with Crippen LogP contribution in [0.5, 0.6) is 34.5 Å². The Balaban J connectivity index is 1.53. The van der Waals surface area contributed by atoms with Crippen molar-refractivity contribution in [3.05, 3.63) is 119 Å². The maximum absolute atomic E-state index is 6.52. The van der Waals surface area contributed by atoms with Crippen LogP contribution < -0.4 is 39.5 Å². The van der Waals surface area contributed by atoms with E-state index >= 15 is 0 Å². The molecule has 0 radical (unpaired) electrons. The highest BCUT2D eigenvalue weighted by Gasteiger charge is 2.34. The Hall–Kier alpha value is -5.81. The Kier molecular flexibility index (Phi) is 9.82. The fourth-order valence-electron chi connectivity index (χ4n) is 6.05. The fourth-order valence-corrected chi connectivity index (χ4v) is 6.05. The number of nitrogens with zero attached hydrogens (tertiary/aromatic N) is 3. The summed E-state index contributed by atoms with van der Waals surface area (Å²) in [6, 6.07) is 27.0. The van der Waals surface area contributed by atoms with Gasteiger partial charge in [-0.05, 0) is 47.0 Å². The number of ether oxygens (including phenoxy) is 6. The van der Waals surface area contributed by atoms with Gasteiger partial charge in [-0.3, -0.25) is 4.99 Å². The molecule has 2 unspecified atom stereocenters. The molecule has 0 saturated carbocycles. The van der Waals surface area contributed by atoms with Crippen LogP contribution in [0.4, 0.5) is 0 Å². The molecule has 49 heavy (non-hydrogen) atoms. The first kappa shape index (κ1) is 33.1. The summed E-state index contributed by atoms with van der Waals surface area (Å²) < 4.78 is 34.1. The molecular formula is C38H39N5O6. The van der Waals surface area contributed by atoms with Crippen molar-refractivity contribution in [1.82, 2.24) is 5.32 Å². The van der Waals surface area contributed by atoms with E-state index in [4.69, 9.17) is 49.1 Å². The molecule has 11 nitrogen and oxygen atoms in total. The van der Waals surface area contributed by atoms with Crippen molar-refractivity contribution < 1.29 is 28.4 Å². The minimum atomic E-state index is -0.661. The number of hydrogen-bond acceptors (Lipinski definition) is 11. The molecule has 3 N–H and O–H groups in total. The van der Waals surface area contributed by atoms with Crippen LogP contribution in [0.15, 0.2) is 112 Å². The summed E-state index contributed by atoms with van der Waals surface area (Å²) in [5.41, 5.74) is 11.9. The largest absolute Gasteiger partial charge is 0.493 e. The molecule has 0 fully saturated rings. The van der Waals surface area contributed by atoms with E-state index in [0.717, 1.165) is 16.7 Å². The first-order valence-corrected chi connectivity index (χ1v) is 15.6. The van der Waals surface area contributed by atoms with Crippen molar-refractivity contribution in [3.63, 3.8) is 0 Å². The number of amidine groups is 1. The number of hydrogen-bond donors (Lipinski definition) is 2. The quantitative estimate of drug-likeness (QED) is 0.198. The van der Waals surface area contributed by atoms with E-state index < -0.39 is 12.2 Å². The van der Waals surface area contributed by atoms with Crippen LogP contribution in [-0.4, -0.2) is 66.1 Å². The fraction of sp³-hybridized carbons (Fsp3) is 0.237. The minimum absolute atomic E-state index is 0.206. The highest BCUT2D eigenvalue weighted by molar-refractivity contribution is 6.51. The molecule has 4 aromatic rings. The van der Waals surface area contributed by atoms with E-state index in [1.807, 2.05) is 66.7 Å². The molecule has 2 atom stereocenters. The van der Waals surface area contributed by atoms with E-state index in [2.05, 4.69) is 29.6 Å². The summed E-state index contributed by atoms with van der Waals surface area (Å²) in [5.74, 6) is 3.21. The van der Waals surface area contributed by atoms with Gasteiger partial charge < -0.3 is 39.5 Å². The summed E-state index contributed by atoms with van der Waals surface area (Å²) in [5, 5.41) is 3.73. The SMILES string of the molecule is COc1cc(C2=NC3=NC(N)C=C(NC(c4ccccc4)c4ccccc4)C3=NC2c2cc(OC)c(OC)c(OC)c2)cc(OC)c1OC. The number of benzene rings is 4. The zero-order valence-electron chi connectivity index (χ0n) is 28.3. The molecule has 4 aromatic carbocycles. The molecule has 11 heteroatoms. The lowest BCUT2D eigenvalue weighted by molar-refractivity contribution is 0.323. The molecule has 0 aliphatic carbocycles. The van der Waals surface area contributed by atoms with E-state index in [9.17, 15) is 0 Å². The third-order valence-electron chi connectivity index (χ3n) is 8.35. The van der Waals surface area contributed by atoms with Crippen molar-refractivity contribution >= 4 is 17.3 Å². The van der Waals surface area contributed by atoms with Crippen molar-refractivity contribution in [2.75, 3.05) is 42.7 Å². The number of dihydropyridines is 1. The van der Waals surface area contributed by atoms with Crippen LogP contribution in [0.2, 0.25) is 0 Å². The molecule has 252 valence electrons. The molecule has 2 aliphatic heterocycles. The lowest BCUT2D eigenvalue weighted by Gasteiger charge is -2.30. The van der Waals surface area contributed by atoms with Crippen LogP contribution >= 0.6 is 0 Å². The van der Waals surface area contributed by atoms with E-state index in [1.165, 1.54) is 0 Å². The second-order valence-corrected chi connectivity index (χ2v) is 11.2. The maximum atomic E-state index is 6.52. The van der Waals surface area contributed by atoms with Gasteiger partial charge in [-0.1, -0.05) is 60.7 Å². The standard InChI is InChI=1S/C38H39N5O6/c1-44-27-17-24(18-28(45-2)36(27)48-5)33-34(25-19-29(46-3)37(49-6)30(20-25)47-4)43-38-35(42-33)26(21-31(39)41-38)40-32(22-13-9-7-10-14-22)23-15-11-8-12-16-23/h7-21,31-33,40H,39H2,1-6H3. The van der Waals surface area contributed by atoms with Gasteiger partial charge in [0.15, 0.2) is 28.8 Å². The minimum Gasteiger partial charge on any atom is -0.493 e. The first-order chi connectivity index (χ1) is 23.9. The molecule has 0 aromatic heterocycles. The maximum Gasteiger partial charge on any atom is 0.203 e. The van der Waals surface area contributed by atoms with E-state index in [1.54, 1.807) is 42.7 Å². The van der Waals surface area contributed by atoms with Crippen LogP contribution in [0.25, 0.3) is 0 Å². The van der Waals surface area contributed by atoms with Gasteiger partial charge in [0.2, 0.25) is 11.5 Å². The van der Waals surface area contributed by atoms with E-state index in [0.29, 0.717) is 63.0 Å². The highest BCUT2D eigenvalue weighted by atomic mass is 16.5. The predicted molar refractivity (Wildman–Crippen MR) is 190 cm³/mol. The number of rotatable bonds is 12. The molecule has 6 rings (SSSR count). The Bertz CT molecular complexity index is 1850.